The van der Waals surface area contributed by atoms with Crippen LogP contribution in [0.1, 0.15) is 18.7 Å². The maximum Gasteiger partial charge on any atom is 0.0649 e. The molecule has 1 heterocycles. The third kappa shape index (κ3) is 4.06. The summed E-state index contributed by atoms with van der Waals surface area (Å²) in [5, 5.41) is 0.793. The van der Waals surface area contributed by atoms with Crippen LogP contribution in [0.25, 0.3) is 0 Å². The summed E-state index contributed by atoms with van der Waals surface area (Å²) in [7, 11) is 0. The molecular formula is C14H15ClS2. The van der Waals surface area contributed by atoms with Crippen molar-refractivity contribution < 1.29 is 0 Å². The summed E-state index contributed by atoms with van der Waals surface area (Å²) in [6.07, 6.45) is 1.17. The lowest BCUT2D eigenvalue weighted by molar-refractivity contribution is 0.654. The Balaban J connectivity index is 2.03. The lowest BCUT2D eigenvalue weighted by Crippen LogP contribution is -1.89. The van der Waals surface area contributed by atoms with Gasteiger partial charge in [-0.15, -0.1) is 11.3 Å². The monoisotopic (exact) mass is 282 g/mol. The van der Waals surface area contributed by atoms with Crippen LogP contribution in [0.5, 0.6) is 0 Å². The van der Waals surface area contributed by atoms with Gasteiger partial charge in [0.15, 0.2) is 0 Å². The van der Waals surface area contributed by atoms with Crippen LogP contribution >= 0.6 is 34.7 Å². The number of thiophene rings is 1. The van der Waals surface area contributed by atoms with E-state index in [1.807, 2.05) is 23.5 Å². The molecule has 0 aliphatic rings. The first-order valence-corrected chi connectivity index (χ1v) is 7.66. The summed E-state index contributed by atoms with van der Waals surface area (Å²) in [4.78, 5) is 2.71. The Morgan fingerprint density at radius 2 is 1.82 bits per heavy atom. The zero-order chi connectivity index (χ0) is 12.3. The predicted octanol–water partition coefficient (Wildman–Crippen LogP) is 5.75. The Hall–Kier alpha value is -0.440. The van der Waals surface area contributed by atoms with Gasteiger partial charge >= 0.3 is 0 Å². The molecule has 0 aliphatic carbocycles. The molecule has 17 heavy (non-hydrogen) atoms. The Labute approximate surface area is 116 Å². The Kier molecular flexibility index (Phi) is 4.55. The molecule has 1 aromatic carbocycles. The molecule has 0 amide bonds. The van der Waals surface area contributed by atoms with E-state index in [-0.39, 0.29) is 0 Å². The summed E-state index contributed by atoms with van der Waals surface area (Å²) in [6, 6.07) is 12.5. The summed E-state index contributed by atoms with van der Waals surface area (Å²) in [6.45, 7) is 4.51. The Morgan fingerprint density at radius 1 is 1.12 bits per heavy atom. The normalized spacial score (nSPS) is 11.1. The second-order valence-corrected chi connectivity index (χ2v) is 7.35. The van der Waals surface area contributed by atoms with E-state index in [9.17, 15) is 0 Å². The SMILES string of the molecule is CC(C)Cc1ccc(Sc2ccc(Cl)cc2)s1. The molecule has 2 aromatic rings. The first-order valence-electron chi connectivity index (χ1n) is 5.65. The zero-order valence-electron chi connectivity index (χ0n) is 9.94. The second-order valence-electron chi connectivity index (χ2n) is 4.37. The van der Waals surface area contributed by atoms with Crippen LogP contribution in [-0.2, 0) is 6.42 Å². The van der Waals surface area contributed by atoms with E-state index in [1.54, 1.807) is 11.8 Å². The van der Waals surface area contributed by atoms with Crippen molar-refractivity contribution in [2.45, 2.75) is 29.4 Å². The first kappa shape index (κ1) is 13.0. The molecule has 0 nitrogen and oxygen atoms in total. The minimum absolute atomic E-state index is 0.724. The van der Waals surface area contributed by atoms with Crippen LogP contribution in [0, 0.1) is 5.92 Å². The fourth-order valence-corrected chi connectivity index (χ4v) is 4.03. The minimum atomic E-state index is 0.724. The van der Waals surface area contributed by atoms with Crippen molar-refractivity contribution in [3.05, 3.63) is 46.3 Å². The van der Waals surface area contributed by atoms with Crippen LogP contribution in [0.2, 0.25) is 5.02 Å². The fraction of sp³-hybridized carbons (Fsp3) is 0.286. The highest BCUT2D eigenvalue weighted by molar-refractivity contribution is 8.01. The molecule has 2 rings (SSSR count). The third-order valence-electron chi connectivity index (χ3n) is 2.28. The average molecular weight is 283 g/mol. The lowest BCUT2D eigenvalue weighted by Gasteiger charge is -2.00. The van der Waals surface area contributed by atoms with E-state index in [0.29, 0.717) is 0 Å². The number of hydrogen-bond donors (Lipinski definition) is 0. The van der Waals surface area contributed by atoms with Crippen molar-refractivity contribution >= 4 is 34.7 Å². The molecule has 0 spiro atoms. The van der Waals surface area contributed by atoms with Gasteiger partial charge in [0.2, 0.25) is 0 Å². The summed E-state index contributed by atoms with van der Waals surface area (Å²) in [5.41, 5.74) is 0. The molecule has 0 saturated heterocycles. The number of hydrogen-bond acceptors (Lipinski definition) is 2. The zero-order valence-corrected chi connectivity index (χ0v) is 12.3. The van der Waals surface area contributed by atoms with E-state index in [2.05, 4.69) is 38.1 Å². The molecule has 1 aromatic heterocycles. The van der Waals surface area contributed by atoms with Crippen LogP contribution < -0.4 is 0 Å². The first-order chi connectivity index (χ1) is 8.13. The van der Waals surface area contributed by atoms with Crippen LogP contribution in [0.3, 0.4) is 0 Å². The smallest absolute Gasteiger partial charge is 0.0649 e. The maximum absolute atomic E-state index is 5.87. The van der Waals surface area contributed by atoms with Crippen molar-refractivity contribution in [2.24, 2.45) is 5.92 Å². The van der Waals surface area contributed by atoms with E-state index >= 15 is 0 Å². The summed E-state index contributed by atoms with van der Waals surface area (Å²) < 4.78 is 1.35. The van der Waals surface area contributed by atoms with Crippen molar-refractivity contribution in [3.8, 4) is 0 Å². The standard InChI is InChI=1S/C14H15ClS2/c1-10(2)9-13-7-8-14(17-13)16-12-5-3-11(15)4-6-12/h3-8,10H,9H2,1-2H3. The van der Waals surface area contributed by atoms with E-state index in [0.717, 1.165) is 10.9 Å². The maximum atomic E-state index is 5.87. The quantitative estimate of drug-likeness (QED) is 0.688. The van der Waals surface area contributed by atoms with Gasteiger partial charge in [-0.05, 0) is 48.7 Å². The van der Waals surface area contributed by atoms with Crippen LogP contribution in [0.4, 0.5) is 0 Å². The third-order valence-corrected chi connectivity index (χ3v) is 4.78. The number of benzene rings is 1. The van der Waals surface area contributed by atoms with Gasteiger partial charge in [0.05, 0.1) is 4.21 Å². The fourth-order valence-electron chi connectivity index (χ4n) is 1.54. The van der Waals surface area contributed by atoms with Gasteiger partial charge in [0.25, 0.3) is 0 Å². The molecule has 0 atom stereocenters. The molecular weight excluding hydrogens is 268 g/mol. The second kappa shape index (κ2) is 5.94. The average Bonchev–Trinajstić information content (AvgIpc) is 2.68. The number of halogens is 1. The molecule has 0 unspecified atom stereocenters. The van der Waals surface area contributed by atoms with Gasteiger partial charge in [-0.25, -0.2) is 0 Å². The van der Waals surface area contributed by atoms with E-state index in [1.165, 1.54) is 20.4 Å². The van der Waals surface area contributed by atoms with Gasteiger partial charge in [0.1, 0.15) is 0 Å². The summed E-state index contributed by atoms with van der Waals surface area (Å²) in [5.74, 6) is 0.724. The van der Waals surface area contributed by atoms with E-state index < -0.39 is 0 Å². The van der Waals surface area contributed by atoms with Gasteiger partial charge < -0.3 is 0 Å². The van der Waals surface area contributed by atoms with Crippen LogP contribution in [-0.4, -0.2) is 0 Å². The Morgan fingerprint density at radius 3 is 2.47 bits per heavy atom. The molecule has 0 N–H and O–H groups in total. The van der Waals surface area contributed by atoms with Crippen LogP contribution in [0.15, 0.2) is 45.5 Å². The highest BCUT2D eigenvalue weighted by atomic mass is 35.5. The molecule has 0 saturated carbocycles. The predicted molar refractivity (Wildman–Crippen MR) is 78.4 cm³/mol. The van der Waals surface area contributed by atoms with Crippen molar-refractivity contribution in [3.63, 3.8) is 0 Å². The molecule has 0 aliphatic heterocycles. The summed E-state index contributed by atoms with van der Waals surface area (Å²) >= 11 is 9.56. The highest BCUT2D eigenvalue weighted by Gasteiger charge is 2.04. The van der Waals surface area contributed by atoms with Gasteiger partial charge in [-0.1, -0.05) is 37.2 Å². The highest BCUT2D eigenvalue weighted by Crippen LogP contribution is 2.34. The molecule has 0 radical (unpaired) electrons. The molecule has 0 bridgehead atoms. The minimum Gasteiger partial charge on any atom is -0.134 e. The van der Waals surface area contributed by atoms with E-state index in [4.69, 9.17) is 11.6 Å². The molecule has 0 fully saturated rings. The lowest BCUT2D eigenvalue weighted by atomic mass is 10.1. The number of rotatable bonds is 4. The van der Waals surface area contributed by atoms with Crippen molar-refractivity contribution in [1.82, 2.24) is 0 Å². The topological polar surface area (TPSA) is 0 Å². The molecule has 3 heteroatoms. The van der Waals surface area contributed by atoms with Crippen molar-refractivity contribution in [2.75, 3.05) is 0 Å². The van der Waals surface area contributed by atoms with Gasteiger partial charge in [-0.2, -0.15) is 0 Å². The molecule has 90 valence electrons. The van der Waals surface area contributed by atoms with Crippen molar-refractivity contribution in [1.29, 1.82) is 0 Å². The van der Waals surface area contributed by atoms with Gasteiger partial charge in [0, 0.05) is 14.8 Å². The Bertz CT molecular complexity index is 471. The van der Waals surface area contributed by atoms with Gasteiger partial charge in [-0.3, -0.25) is 0 Å². The largest absolute Gasteiger partial charge is 0.134 e.